The van der Waals surface area contributed by atoms with Crippen LogP contribution in [0.2, 0.25) is 0 Å². The van der Waals surface area contributed by atoms with E-state index in [0.29, 0.717) is 68.0 Å². The van der Waals surface area contributed by atoms with Gasteiger partial charge in [-0.2, -0.15) is 0 Å². The van der Waals surface area contributed by atoms with Crippen LogP contribution in [0, 0.1) is 11.6 Å². The van der Waals surface area contributed by atoms with Crippen LogP contribution in [0.5, 0.6) is 0 Å². The summed E-state index contributed by atoms with van der Waals surface area (Å²) in [5.74, 6) is -1.57. The van der Waals surface area contributed by atoms with Gasteiger partial charge in [-0.15, -0.1) is 0 Å². The van der Waals surface area contributed by atoms with Crippen molar-refractivity contribution in [2.75, 3.05) is 48.4 Å². The summed E-state index contributed by atoms with van der Waals surface area (Å²) in [5.41, 5.74) is 3.41. The Kier molecular flexibility index (Phi) is 7.59. The van der Waals surface area contributed by atoms with Crippen molar-refractivity contribution in [3.63, 3.8) is 0 Å². The summed E-state index contributed by atoms with van der Waals surface area (Å²) >= 11 is 0. The van der Waals surface area contributed by atoms with Crippen molar-refractivity contribution in [3.8, 4) is 11.3 Å². The van der Waals surface area contributed by atoms with E-state index < -0.39 is 17.7 Å². The SMILES string of the molecule is Cn1cc(-c2cccc3c2CCN3C(=O)Nc2ccc(F)cc2F)nc(Nc2ccc(C(=O)N3CCOCC3)cc2)c1=O. The number of fused-ring (bicyclic) bond motifs is 1. The summed E-state index contributed by atoms with van der Waals surface area (Å²) < 4.78 is 34.2. The number of morpholine rings is 1. The molecule has 2 N–H and O–H groups in total. The summed E-state index contributed by atoms with van der Waals surface area (Å²) in [6.45, 7) is 2.46. The van der Waals surface area contributed by atoms with Gasteiger partial charge in [0.05, 0.1) is 24.6 Å². The number of rotatable bonds is 5. The maximum absolute atomic E-state index is 14.1. The van der Waals surface area contributed by atoms with Gasteiger partial charge in [0.2, 0.25) is 0 Å². The average molecular weight is 587 g/mol. The van der Waals surface area contributed by atoms with E-state index in [0.717, 1.165) is 17.2 Å². The molecule has 1 saturated heterocycles. The molecule has 3 aromatic carbocycles. The molecule has 0 unspecified atom stereocenters. The number of nitrogens with one attached hydrogen (secondary N) is 2. The fourth-order valence-corrected chi connectivity index (χ4v) is 5.26. The Balaban J connectivity index is 1.23. The largest absolute Gasteiger partial charge is 0.378 e. The number of aromatic nitrogens is 2. The first kappa shape index (κ1) is 28.0. The molecule has 6 rings (SSSR count). The zero-order valence-electron chi connectivity index (χ0n) is 23.3. The average Bonchev–Trinajstić information content (AvgIpc) is 3.46. The number of amides is 3. The third-order valence-electron chi connectivity index (χ3n) is 7.49. The molecular weight excluding hydrogens is 558 g/mol. The van der Waals surface area contributed by atoms with Gasteiger partial charge in [0.15, 0.2) is 5.82 Å². The van der Waals surface area contributed by atoms with Crippen molar-refractivity contribution < 1.29 is 23.1 Å². The number of aryl methyl sites for hydroxylation is 1. The van der Waals surface area contributed by atoms with Crippen LogP contribution in [0.4, 0.5) is 36.5 Å². The third kappa shape index (κ3) is 5.69. The van der Waals surface area contributed by atoms with E-state index in [4.69, 9.17) is 4.74 Å². The van der Waals surface area contributed by atoms with Gasteiger partial charge in [-0.1, -0.05) is 12.1 Å². The summed E-state index contributed by atoms with van der Waals surface area (Å²) in [5, 5.41) is 5.58. The maximum Gasteiger partial charge on any atom is 0.326 e. The van der Waals surface area contributed by atoms with Gasteiger partial charge >= 0.3 is 6.03 Å². The minimum absolute atomic E-state index is 0.0747. The fraction of sp³-hybridized carbons (Fsp3) is 0.226. The molecule has 0 spiro atoms. The van der Waals surface area contributed by atoms with Crippen molar-refractivity contribution in [2.24, 2.45) is 7.05 Å². The van der Waals surface area contributed by atoms with Crippen molar-refractivity contribution in [1.82, 2.24) is 14.5 Å². The highest BCUT2D eigenvalue weighted by molar-refractivity contribution is 6.04. The van der Waals surface area contributed by atoms with Gasteiger partial charge < -0.3 is 24.8 Å². The highest BCUT2D eigenvalue weighted by atomic mass is 19.1. The van der Waals surface area contributed by atoms with E-state index >= 15 is 0 Å². The molecule has 0 bridgehead atoms. The van der Waals surface area contributed by atoms with Crippen LogP contribution in [0.1, 0.15) is 15.9 Å². The number of hydrogen-bond donors (Lipinski definition) is 2. The van der Waals surface area contributed by atoms with E-state index in [1.54, 1.807) is 54.5 Å². The summed E-state index contributed by atoms with van der Waals surface area (Å²) in [4.78, 5) is 46.6. The van der Waals surface area contributed by atoms with Crippen LogP contribution in [0.15, 0.2) is 71.7 Å². The Morgan fingerprint density at radius 3 is 2.49 bits per heavy atom. The molecule has 1 fully saturated rings. The minimum Gasteiger partial charge on any atom is -0.378 e. The second kappa shape index (κ2) is 11.6. The Bertz CT molecular complexity index is 1770. The molecule has 4 aromatic rings. The third-order valence-corrected chi connectivity index (χ3v) is 7.49. The molecule has 0 radical (unpaired) electrons. The van der Waals surface area contributed by atoms with Crippen molar-refractivity contribution in [3.05, 3.63) is 100.0 Å². The van der Waals surface area contributed by atoms with E-state index in [1.165, 1.54) is 15.5 Å². The Labute approximate surface area is 245 Å². The maximum atomic E-state index is 14.1. The Morgan fingerprint density at radius 1 is 0.977 bits per heavy atom. The number of carbonyl (C=O) groups is 2. The molecule has 0 atom stereocenters. The summed E-state index contributed by atoms with van der Waals surface area (Å²) in [7, 11) is 1.63. The second-order valence-electron chi connectivity index (χ2n) is 10.3. The number of halogens is 2. The second-order valence-corrected chi connectivity index (χ2v) is 10.3. The molecule has 3 heterocycles. The number of nitrogens with zero attached hydrogens (tertiary/aromatic N) is 4. The van der Waals surface area contributed by atoms with Crippen LogP contribution < -0.4 is 21.1 Å². The standard InChI is InChI=1S/C31H28F2N6O4/c1-37-18-26(35-28(30(37)41)34-21-8-5-19(6-9-21)29(40)38-13-15-43-16-14-38)22-3-2-4-27-23(22)11-12-39(27)31(42)36-25-10-7-20(32)17-24(25)33/h2-10,17-18H,11-16H2,1H3,(H,34,35)(H,36,42). The molecule has 10 nitrogen and oxygen atoms in total. The van der Waals surface area contributed by atoms with Crippen molar-refractivity contribution >= 4 is 34.8 Å². The molecule has 3 amide bonds. The normalized spacial score (nSPS) is 14.4. The molecular formula is C31H28F2N6O4. The summed E-state index contributed by atoms with van der Waals surface area (Å²) in [6, 6.07) is 14.7. The Hall–Kier alpha value is -5.10. The van der Waals surface area contributed by atoms with Gasteiger partial charge in [0.1, 0.15) is 11.6 Å². The molecule has 2 aliphatic heterocycles. The van der Waals surface area contributed by atoms with Crippen LogP contribution in [-0.4, -0.2) is 59.2 Å². The quantitative estimate of drug-likeness (QED) is 0.356. The smallest absolute Gasteiger partial charge is 0.326 e. The van der Waals surface area contributed by atoms with Crippen molar-refractivity contribution in [2.45, 2.75) is 6.42 Å². The summed E-state index contributed by atoms with van der Waals surface area (Å²) in [6.07, 6.45) is 2.14. The molecule has 0 saturated carbocycles. The first-order chi connectivity index (χ1) is 20.8. The van der Waals surface area contributed by atoms with Crippen molar-refractivity contribution in [1.29, 1.82) is 0 Å². The van der Waals surface area contributed by atoms with Crippen LogP contribution in [0.3, 0.4) is 0 Å². The van der Waals surface area contributed by atoms with E-state index in [2.05, 4.69) is 15.6 Å². The number of ether oxygens (including phenoxy) is 1. The molecule has 43 heavy (non-hydrogen) atoms. The zero-order chi connectivity index (χ0) is 30.1. The van der Waals surface area contributed by atoms with Crippen LogP contribution >= 0.6 is 0 Å². The van der Waals surface area contributed by atoms with Gasteiger partial charge in [-0.05, 0) is 54.4 Å². The lowest BCUT2D eigenvalue weighted by Gasteiger charge is -2.26. The molecule has 2 aliphatic rings. The Morgan fingerprint density at radius 2 is 1.74 bits per heavy atom. The number of benzene rings is 3. The van der Waals surface area contributed by atoms with Crippen LogP contribution in [0.25, 0.3) is 11.3 Å². The number of urea groups is 1. The molecule has 0 aliphatic carbocycles. The van der Waals surface area contributed by atoms with Gasteiger partial charge in [-0.3, -0.25) is 14.5 Å². The van der Waals surface area contributed by atoms with Gasteiger partial charge in [0.25, 0.3) is 11.5 Å². The lowest BCUT2D eigenvalue weighted by Crippen LogP contribution is -2.40. The first-order valence-electron chi connectivity index (χ1n) is 13.8. The highest BCUT2D eigenvalue weighted by Gasteiger charge is 2.28. The molecule has 12 heteroatoms. The first-order valence-corrected chi connectivity index (χ1v) is 13.8. The lowest BCUT2D eigenvalue weighted by molar-refractivity contribution is 0.0303. The predicted octanol–water partition coefficient (Wildman–Crippen LogP) is 4.54. The minimum atomic E-state index is -0.866. The van der Waals surface area contributed by atoms with E-state index in [-0.39, 0.29) is 23.0 Å². The van der Waals surface area contributed by atoms with E-state index in [9.17, 15) is 23.2 Å². The zero-order valence-corrected chi connectivity index (χ0v) is 23.3. The monoisotopic (exact) mass is 586 g/mol. The lowest BCUT2D eigenvalue weighted by atomic mass is 10.0. The number of anilines is 4. The highest BCUT2D eigenvalue weighted by Crippen LogP contribution is 2.36. The fourth-order valence-electron chi connectivity index (χ4n) is 5.26. The van der Waals surface area contributed by atoms with Crippen LogP contribution in [-0.2, 0) is 18.2 Å². The van der Waals surface area contributed by atoms with Gasteiger partial charge in [0, 0.05) is 61.4 Å². The predicted molar refractivity (Wildman–Crippen MR) is 158 cm³/mol. The van der Waals surface area contributed by atoms with Gasteiger partial charge in [-0.25, -0.2) is 18.6 Å². The molecule has 220 valence electrons. The van der Waals surface area contributed by atoms with E-state index in [1.807, 2.05) is 6.07 Å². The topological polar surface area (TPSA) is 109 Å². The molecule has 1 aromatic heterocycles. The number of hydrogen-bond acceptors (Lipinski definition) is 6. The number of carbonyl (C=O) groups excluding carboxylic acids is 2.